The van der Waals surface area contributed by atoms with Crippen LogP contribution in [-0.2, 0) is 11.8 Å². The third-order valence-electron chi connectivity index (χ3n) is 4.49. The second kappa shape index (κ2) is 6.50. The number of nitrogens with two attached hydrogens (primary N) is 1. The summed E-state index contributed by atoms with van der Waals surface area (Å²) >= 11 is 6.32. The molecule has 3 heteroatoms. The quantitative estimate of drug-likeness (QED) is 0.735. The molecule has 0 saturated carbocycles. The van der Waals surface area contributed by atoms with E-state index in [4.69, 9.17) is 17.3 Å². The summed E-state index contributed by atoms with van der Waals surface area (Å²) in [6.07, 6.45) is 3.16. The SMILES string of the molecule is CC.CC(C)C1(C)CCCc2c(Cl)cc(N)c(C#N)c21. The van der Waals surface area contributed by atoms with E-state index in [0.717, 1.165) is 30.4 Å². The van der Waals surface area contributed by atoms with Crippen molar-refractivity contribution in [2.75, 3.05) is 5.73 Å². The van der Waals surface area contributed by atoms with Gasteiger partial charge in [0.15, 0.2) is 0 Å². The maximum absolute atomic E-state index is 9.41. The molecule has 1 aromatic rings. The van der Waals surface area contributed by atoms with Crippen molar-refractivity contribution in [2.24, 2.45) is 5.92 Å². The first-order valence-corrected chi connectivity index (χ1v) is 7.81. The molecule has 110 valence electrons. The fourth-order valence-corrected chi connectivity index (χ4v) is 3.35. The third-order valence-corrected chi connectivity index (χ3v) is 4.83. The highest BCUT2D eigenvalue weighted by Crippen LogP contribution is 2.47. The lowest BCUT2D eigenvalue weighted by Crippen LogP contribution is -2.34. The Balaban J connectivity index is 0.000000956. The second-order valence-electron chi connectivity index (χ2n) is 5.71. The van der Waals surface area contributed by atoms with Gasteiger partial charge in [0.25, 0.3) is 0 Å². The first-order chi connectivity index (χ1) is 9.41. The summed E-state index contributed by atoms with van der Waals surface area (Å²) < 4.78 is 0. The van der Waals surface area contributed by atoms with Gasteiger partial charge in [-0.3, -0.25) is 0 Å². The van der Waals surface area contributed by atoms with Crippen LogP contribution in [0.25, 0.3) is 0 Å². The Morgan fingerprint density at radius 1 is 1.40 bits per heavy atom. The Kier molecular flexibility index (Phi) is 5.48. The summed E-state index contributed by atoms with van der Waals surface area (Å²) in [5.74, 6) is 0.460. The Labute approximate surface area is 127 Å². The van der Waals surface area contributed by atoms with E-state index in [1.54, 1.807) is 6.07 Å². The fourth-order valence-electron chi connectivity index (χ4n) is 3.04. The Hall–Kier alpha value is -1.20. The van der Waals surface area contributed by atoms with Gasteiger partial charge in [-0.1, -0.05) is 46.2 Å². The van der Waals surface area contributed by atoms with Crippen LogP contribution in [0.1, 0.15) is 64.2 Å². The maximum atomic E-state index is 9.41. The van der Waals surface area contributed by atoms with Crippen molar-refractivity contribution in [3.63, 3.8) is 0 Å². The molecule has 0 spiro atoms. The molecular formula is C17H25ClN2. The van der Waals surface area contributed by atoms with Gasteiger partial charge >= 0.3 is 0 Å². The number of hydrogen-bond donors (Lipinski definition) is 1. The molecule has 0 amide bonds. The van der Waals surface area contributed by atoms with Crippen molar-refractivity contribution < 1.29 is 0 Å². The molecule has 0 bridgehead atoms. The van der Waals surface area contributed by atoms with Crippen LogP contribution in [0.4, 0.5) is 5.69 Å². The zero-order chi connectivity index (χ0) is 15.5. The molecule has 2 rings (SSSR count). The lowest BCUT2D eigenvalue weighted by atomic mass is 9.63. The van der Waals surface area contributed by atoms with Crippen LogP contribution in [-0.4, -0.2) is 0 Å². The average Bonchev–Trinajstić information content (AvgIpc) is 2.42. The number of fused-ring (bicyclic) bond motifs is 1. The molecule has 0 fully saturated rings. The van der Waals surface area contributed by atoms with Gasteiger partial charge in [-0.2, -0.15) is 5.26 Å². The lowest BCUT2D eigenvalue weighted by Gasteiger charge is -2.40. The summed E-state index contributed by atoms with van der Waals surface area (Å²) in [5.41, 5.74) is 9.33. The van der Waals surface area contributed by atoms with E-state index in [9.17, 15) is 5.26 Å². The fraction of sp³-hybridized carbons (Fsp3) is 0.588. The van der Waals surface area contributed by atoms with Gasteiger partial charge in [0, 0.05) is 5.02 Å². The number of hydrogen-bond acceptors (Lipinski definition) is 2. The predicted octanol–water partition coefficient (Wildman–Crippen LogP) is 5.07. The molecule has 0 aliphatic heterocycles. The van der Waals surface area contributed by atoms with E-state index in [2.05, 4.69) is 26.8 Å². The van der Waals surface area contributed by atoms with Crippen LogP contribution in [0.2, 0.25) is 5.02 Å². The van der Waals surface area contributed by atoms with E-state index in [1.807, 2.05) is 13.8 Å². The molecule has 2 nitrogen and oxygen atoms in total. The van der Waals surface area contributed by atoms with Gasteiger partial charge in [-0.05, 0) is 47.8 Å². The van der Waals surface area contributed by atoms with Gasteiger partial charge in [0.1, 0.15) is 6.07 Å². The van der Waals surface area contributed by atoms with Crippen molar-refractivity contribution in [3.05, 3.63) is 27.8 Å². The minimum absolute atomic E-state index is 0.00231. The number of nitriles is 1. The Morgan fingerprint density at radius 3 is 2.50 bits per heavy atom. The molecule has 1 aromatic carbocycles. The molecular weight excluding hydrogens is 268 g/mol. The minimum atomic E-state index is -0.00231. The van der Waals surface area contributed by atoms with Gasteiger partial charge in [0.05, 0.1) is 11.3 Å². The van der Waals surface area contributed by atoms with E-state index in [1.165, 1.54) is 0 Å². The number of nitrogen functional groups attached to an aromatic ring is 1. The zero-order valence-electron chi connectivity index (χ0n) is 13.2. The van der Waals surface area contributed by atoms with E-state index >= 15 is 0 Å². The normalized spacial score (nSPS) is 20.7. The highest BCUT2D eigenvalue weighted by molar-refractivity contribution is 6.31. The minimum Gasteiger partial charge on any atom is -0.398 e. The molecule has 1 aliphatic rings. The highest BCUT2D eigenvalue weighted by atomic mass is 35.5. The van der Waals surface area contributed by atoms with Crippen LogP contribution in [0.15, 0.2) is 6.07 Å². The maximum Gasteiger partial charge on any atom is 0.102 e. The first-order valence-electron chi connectivity index (χ1n) is 7.43. The van der Waals surface area contributed by atoms with Gasteiger partial charge in [-0.25, -0.2) is 0 Å². The standard InChI is InChI=1S/C15H19ClN2.C2H6/c1-9(2)15(3)6-4-5-10-12(16)7-13(18)11(8-17)14(10)15;1-2/h7,9H,4-6,18H2,1-3H3;1-2H3. The highest BCUT2D eigenvalue weighted by Gasteiger charge is 2.38. The van der Waals surface area contributed by atoms with Crippen LogP contribution >= 0.6 is 11.6 Å². The van der Waals surface area contributed by atoms with Crippen LogP contribution in [0.3, 0.4) is 0 Å². The number of benzene rings is 1. The summed E-state index contributed by atoms with van der Waals surface area (Å²) in [6.45, 7) is 10.6. The molecule has 0 heterocycles. The lowest BCUT2D eigenvalue weighted by molar-refractivity contribution is 0.290. The van der Waals surface area contributed by atoms with Gasteiger partial charge in [-0.15, -0.1) is 0 Å². The second-order valence-corrected chi connectivity index (χ2v) is 6.12. The largest absolute Gasteiger partial charge is 0.398 e. The number of rotatable bonds is 1. The molecule has 1 unspecified atom stereocenters. The third kappa shape index (κ3) is 2.65. The van der Waals surface area contributed by atoms with Crippen molar-refractivity contribution in [3.8, 4) is 6.07 Å². The number of halogens is 1. The van der Waals surface area contributed by atoms with Gasteiger partial charge < -0.3 is 5.73 Å². The molecule has 0 radical (unpaired) electrons. The molecule has 2 N–H and O–H groups in total. The summed E-state index contributed by atoms with van der Waals surface area (Å²) in [6, 6.07) is 4.00. The van der Waals surface area contributed by atoms with Crippen molar-refractivity contribution in [1.29, 1.82) is 5.26 Å². The number of anilines is 1. The number of nitrogens with zero attached hydrogens (tertiary/aromatic N) is 1. The Morgan fingerprint density at radius 2 is 2.00 bits per heavy atom. The van der Waals surface area contributed by atoms with E-state index in [0.29, 0.717) is 22.2 Å². The molecule has 0 aromatic heterocycles. The average molecular weight is 293 g/mol. The van der Waals surface area contributed by atoms with Crippen molar-refractivity contribution in [1.82, 2.24) is 0 Å². The van der Waals surface area contributed by atoms with E-state index in [-0.39, 0.29) is 5.41 Å². The van der Waals surface area contributed by atoms with Crippen LogP contribution < -0.4 is 5.73 Å². The predicted molar refractivity (Wildman–Crippen MR) is 87.1 cm³/mol. The summed E-state index contributed by atoms with van der Waals surface area (Å²) in [5, 5.41) is 10.1. The van der Waals surface area contributed by atoms with Gasteiger partial charge in [0.2, 0.25) is 0 Å². The monoisotopic (exact) mass is 292 g/mol. The van der Waals surface area contributed by atoms with E-state index < -0.39 is 0 Å². The molecule has 1 aliphatic carbocycles. The smallest absolute Gasteiger partial charge is 0.102 e. The topological polar surface area (TPSA) is 49.8 Å². The zero-order valence-corrected chi connectivity index (χ0v) is 13.9. The van der Waals surface area contributed by atoms with Crippen molar-refractivity contribution in [2.45, 2.75) is 59.3 Å². The van der Waals surface area contributed by atoms with Crippen LogP contribution in [0.5, 0.6) is 0 Å². The molecule has 20 heavy (non-hydrogen) atoms. The summed E-state index contributed by atoms with van der Waals surface area (Å²) in [7, 11) is 0. The first kappa shape index (κ1) is 16.9. The summed E-state index contributed by atoms with van der Waals surface area (Å²) in [4.78, 5) is 0. The molecule has 1 atom stereocenters. The van der Waals surface area contributed by atoms with Crippen LogP contribution in [0, 0.1) is 17.2 Å². The van der Waals surface area contributed by atoms with Crippen molar-refractivity contribution >= 4 is 17.3 Å². The molecule has 0 saturated heterocycles. The Bertz CT molecular complexity index is 529.